The van der Waals surface area contributed by atoms with E-state index in [2.05, 4.69) is 23.5 Å². The molecule has 0 heterocycles. The van der Waals surface area contributed by atoms with E-state index in [1.165, 1.54) is 24.8 Å². The molecule has 0 spiro atoms. The Balaban J connectivity index is 1.24. The number of aryl methyl sites for hydroxylation is 2. The Hall–Kier alpha value is -5.68. The predicted octanol–water partition coefficient (Wildman–Crippen LogP) is 11.4. The van der Waals surface area contributed by atoms with E-state index in [9.17, 15) is 13.2 Å². The highest BCUT2D eigenvalue weighted by Gasteiger charge is 2.38. The summed E-state index contributed by atoms with van der Waals surface area (Å²) in [7, 11) is 1.45. The quantitative estimate of drug-likeness (QED) is 0.118. The van der Waals surface area contributed by atoms with E-state index in [1.54, 1.807) is 49.4 Å². The van der Waals surface area contributed by atoms with Crippen LogP contribution in [0.1, 0.15) is 41.7 Å². The average Bonchev–Trinajstić information content (AvgIpc) is 3.11. The Bertz CT molecular complexity index is 2280. The molecular formula is C42H30F6O2. The Morgan fingerprint density at radius 2 is 1.24 bits per heavy atom. The van der Waals surface area contributed by atoms with E-state index in [1.807, 2.05) is 24.3 Å². The molecular weight excluding hydrogens is 650 g/mol. The van der Waals surface area contributed by atoms with E-state index in [0.717, 1.165) is 35.6 Å². The van der Waals surface area contributed by atoms with E-state index < -0.39 is 40.7 Å². The fourth-order valence-corrected chi connectivity index (χ4v) is 5.62. The summed E-state index contributed by atoms with van der Waals surface area (Å²) in [5.74, 6) is 1.08. The average molecular weight is 681 g/mol. The lowest BCUT2D eigenvalue weighted by Crippen LogP contribution is -2.24. The molecule has 0 aliphatic heterocycles. The first kappa shape index (κ1) is 34.2. The van der Waals surface area contributed by atoms with Crippen LogP contribution in [-0.2, 0) is 19.0 Å². The summed E-state index contributed by atoms with van der Waals surface area (Å²) in [5, 5.41) is 1.38. The zero-order valence-electron chi connectivity index (χ0n) is 27.3. The van der Waals surface area contributed by atoms with Crippen molar-refractivity contribution in [1.29, 1.82) is 0 Å². The third-order valence-electron chi connectivity index (χ3n) is 8.47. The highest BCUT2D eigenvalue weighted by atomic mass is 19.3. The number of fused-ring (bicyclic) bond motifs is 1. The van der Waals surface area contributed by atoms with Crippen molar-refractivity contribution in [3.8, 4) is 45.6 Å². The molecule has 252 valence electrons. The van der Waals surface area contributed by atoms with Crippen molar-refractivity contribution >= 4 is 10.8 Å². The minimum absolute atomic E-state index is 0.110. The Labute approximate surface area is 285 Å². The molecule has 0 aliphatic carbocycles. The molecule has 0 atom stereocenters. The van der Waals surface area contributed by atoms with Crippen molar-refractivity contribution in [2.24, 2.45) is 0 Å². The molecule has 0 N–H and O–H groups in total. The van der Waals surface area contributed by atoms with Gasteiger partial charge in [-0.3, -0.25) is 0 Å². The zero-order valence-corrected chi connectivity index (χ0v) is 27.3. The van der Waals surface area contributed by atoms with Gasteiger partial charge >= 0.3 is 6.11 Å². The second-order valence-electron chi connectivity index (χ2n) is 11.7. The minimum atomic E-state index is -4.25. The third-order valence-corrected chi connectivity index (χ3v) is 8.47. The van der Waals surface area contributed by atoms with E-state index >= 15 is 13.2 Å². The number of halogens is 6. The first-order chi connectivity index (χ1) is 24.0. The van der Waals surface area contributed by atoms with Crippen molar-refractivity contribution in [2.75, 3.05) is 7.11 Å². The largest absolute Gasteiger partial charge is 0.495 e. The van der Waals surface area contributed by atoms with Gasteiger partial charge in [-0.05, 0) is 100.0 Å². The summed E-state index contributed by atoms with van der Waals surface area (Å²) >= 11 is 0. The predicted molar refractivity (Wildman–Crippen MR) is 183 cm³/mol. The van der Waals surface area contributed by atoms with Gasteiger partial charge in [-0.25, -0.2) is 17.6 Å². The maximum Gasteiger partial charge on any atom is 0.429 e. The van der Waals surface area contributed by atoms with Crippen molar-refractivity contribution in [2.45, 2.75) is 32.8 Å². The molecule has 0 aromatic heterocycles. The molecule has 0 radical (unpaired) electrons. The molecule has 0 bridgehead atoms. The Kier molecular flexibility index (Phi) is 9.61. The lowest BCUT2D eigenvalue weighted by atomic mass is 9.99. The number of hydrogen-bond donors (Lipinski definition) is 0. The summed E-state index contributed by atoms with van der Waals surface area (Å²) in [4.78, 5) is 0. The van der Waals surface area contributed by atoms with E-state index in [4.69, 9.17) is 4.74 Å². The van der Waals surface area contributed by atoms with Gasteiger partial charge in [0, 0.05) is 17.2 Å². The first-order valence-corrected chi connectivity index (χ1v) is 15.9. The molecule has 0 saturated heterocycles. The van der Waals surface area contributed by atoms with Crippen molar-refractivity contribution in [3.63, 3.8) is 0 Å². The molecule has 0 fully saturated rings. The van der Waals surface area contributed by atoms with Gasteiger partial charge in [-0.1, -0.05) is 74.2 Å². The third kappa shape index (κ3) is 7.04. The minimum Gasteiger partial charge on any atom is -0.495 e. The summed E-state index contributed by atoms with van der Waals surface area (Å²) in [5.41, 5.74) is 2.88. The molecule has 0 saturated carbocycles. The van der Waals surface area contributed by atoms with Gasteiger partial charge in [0.1, 0.15) is 28.8 Å². The fraction of sp³-hybridized carbons (Fsp3) is 0.143. The van der Waals surface area contributed by atoms with E-state index in [0.29, 0.717) is 40.3 Å². The van der Waals surface area contributed by atoms with Crippen LogP contribution in [0, 0.1) is 35.1 Å². The highest BCUT2D eigenvalue weighted by Crippen LogP contribution is 2.38. The number of benzene rings is 6. The van der Waals surface area contributed by atoms with Crippen LogP contribution in [0.4, 0.5) is 26.3 Å². The number of hydrogen-bond acceptors (Lipinski definition) is 2. The van der Waals surface area contributed by atoms with Crippen LogP contribution in [0.2, 0.25) is 0 Å². The number of alkyl halides is 2. The lowest BCUT2D eigenvalue weighted by Gasteiger charge is -2.20. The number of rotatable bonds is 8. The second-order valence-corrected chi connectivity index (χ2v) is 11.7. The van der Waals surface area contributed by atoms with Crippen LogP contribution in [0.5, 0.6) is 11.5 Å². The summed E-state index contributed by atoms with van der Waals surface area (Å²) in [6.45, 7) is 3.80. The molecule has 0 amide bonds. The van der Waals surface area contributed by atoms with Gasteiger partial charge < -0.3 is 9.47 Å². The maximum atomic E-state index is 15.3. The molecule has 6 aromatic carbocycles. The molecule has 0 aliphatic rings. The number of methoxy groups -OCH3 is 1. The molecule has 2 nitrogen and oxygen atoms in total. The maximum absolute atomic E-state index is 15.3. The molecule has 6 rings (SSSR count). The Morgan fingerprint density at radius 3 is 1.94 bits per heavy atom. The monoisotopic (exact) mass is 680 g/mol. The smallest absolute Gasteiger partial charge is 0.429 e. The van der Waals surface area contributed by atoms with Crippen LogP contribution < -0.4 is 9.47 Å². The highest BCUT2D eigenvalue weighted by molar-refractivity contribution is 5.88. The summed E-state index contributed by atoms with van der Waals surface area (Å²) in [6, 6.07) is 25.5. The van der Waals surface area contributed by atoms with Gasteiger partial charge in [0.25, 0.3) is 0 Å². The normalized spacial score (nSPS) is 11.3. The number of ether oxygens (including phenoxy) is 2. The van der Waals surface area contributed by atoms with Gasteiger partial charge in [0.15, 0.2) is 11.6 Å². The van der Waals surface area contributed by atoms with Gasteiger partial charge in [0.2, 0.25) is 0 Å². The van der Waals surface area contributed by atoms with Crippen molar-refractivity contribution in [3.05, 3.63) is 154 Å². The topological polar surface area (TPSA) is 18.5 Å². The summed E-state index contributed by atoms with van der Waals surface area (Å²) < 4.78 is 99.5. The molecule has 8 heteroatoms. The van der Waals surface area contributed by atoms with Crippen molar-refractivity contribution in [1.82, 2.24) is 0 Å². The van der Waals surface area contributed by atoms with Crippen molar-refractivity contribution < 1.29 is 35.8 Å². The molecule has 6 aromatic rings. The van der Waals surface area contributed by atoms with Crippen LogP contribution in [0.15, 0.2) is 103 Å². The molecule has 0 unspecified atom stereocenters. The van der Waals surface area contributed by atoms with Gasteiger partial charge in [-0.2, -0.15) is 8.78 Å². The van der Waals surface area contributed by atoms with Gasteiger partial charge in [-0.15, -0.1) is 0 Å². The summed E-state index contributed by atoms with van der Waals surface area (Å²) in [6.07, 6.45) is -2.93. The molecule has 50 heavy (non-hydrogen) atoms. The fourth-order valence-electron chi connectivity index (χ4n) is 5.62. The standard InChI is InChI=1S/C42H30F6O2/c1-4-25-6-11-28(12-7-25)32-21-36(43)33(40(22-32)49-3)16-9-27-8-13-30-20-31(15-14-29(30)18-27)34-23-39(46)41(24-37(34)44)50-42(47,48)35-17-10-26(5-2)19-38(35)45/h6-8,10-15,17-24H,4-5H2,1-3H3. The Morgan fingerprint density at radius 1 is 0.560 bits per heavy atom. The lowest BCUT2D eigenvalue weighted by molar-refractivity contribution is -0.189. The second kappa shape index (κ2) is 14.0. The van der Waals surface area contributed by atoms with Gasteiger partial charge in [0.05, 0.1) is 12.7 Å². The zero-order chi connectivity index (χ0) is 35.6. The first-order valence-electron chi connectivity index (χ1n) is 15.9. The van der Waals surface area contributed by atoms with E-state index in [-0.39, 0.29) is 16.7 Å². The van der Waals surface area contributed by atoms with Crippen LogP contribution >= 0.6 is 0 Å². The van der Waals surface area contributed by atoms with Crippen LogP contribution in [0.25, 0.3) is 33.0 Å². The van der Waals surface area contributed by atoms with Crippen LogP contribution in [0.3, 0.4) is 0 Å². The SMILES string of the molecule is CCc1ccc(-c2cc(F)c(C#Cc3ccc4cc(-c5cc(F)c(OC(F)(F)c6ccc(CC)cc6F)cc5F)ccc4c3)c(OC)c2)cc1. The van der Waals surface area contributed by atoms with Crippen LogP contribution in [-0.4, -0.2) is 7.11 Å².